The van der Waals surface area contributed by atoms with Gasteiger partial charge < -0.3 is 19.9 Å². The third-order valence-electron chi connectivity index (χ3n) is 5.47. The lowest BCUT2D eigenvalue weighted by atomic mass is 10.1. The Kier molecular flexibility index (Phi) is 8.21. The number of rotatable bonds is 9. The monoisotopic (exact) mass is 579 g/mol. The Morgan fingerprint density at radius 2 is 1.37 bits per heavy atom. The summed E-state index contributed by atoms with van der Waals surface area (Å²) < 4.78 is 84.7. The maximum atomic E-state index is 12.6. The molecule has 4 rings (SSSR count). The molecule has 4 aromatic rings. The van der Waals surface area contributed by atoms with Crippen molar-refractivity contribution in [1.82, 2.24) is 15.1 Å². The van der Waals surface area contributed by atoms with E-state index in [-0.39, 0.29) is 12.1 Å². The van der Waals surface area contributed by atoms with Crippen LogP contribution in [-0.4, -0.2) is 46.0 Å². The topological polar surface area (TPSA) is 103 Å². The van der Waals surface area contributed by atoms with Gasteiger partial charge in [0.1, 0.15) is 18.0 Å². The third-order valence-corrected chi connectivity index (χ3v) is 5.47. The van der Waals surface area contributed by atoms with Crippen LogP contribution in [0.5, 0.6) is 11.5 Å². The summed E-state index contributed by atoms with van der Waals surface area (Å²) in [7, 11) is 0. The van der Waals surface area contributed by atoms with E-state index in [2.05, 4.69) is 19.9 Å². The number of nitrogens with one attached hydrogen (secondary N) is 1. The van der Waals surface area contributed by atoms with Crippen LogP contribution < -0.4 is 14.8 Å². The minimum atomic E-state index is -4.87. The van der Waals surface area contributed by atoms with Crippen molar-refractivity contribution < 1.29 is 50.5 Å². The zero-order chi connectivity index (χ0) is 29.8. The SMILES string of the molecule is O=C(O)CNC(=O)c1cccc(Cn2nc(-c3ccc(OC(F)(F)F)cc3)cc2-c2ccc(OC(F)(F)F)cc2)c1. The lowest BCUT2D eigenvalue weighted by molar-refractivity contribution is -0.275. The van der Waals surface area contributed by atoms with E-state index in [4.69, 9.17) is 5.11 Å². The normalized spacial score (nSPS) is 11.7. The number of nitrogens with zero attached hydrogens (tertiary/aromatic N) is 2. The Bertz CT molecular complexity index is 1530. The molecule has 0 saturated heterocycles. The standard InChI is InChI=1S/C27H19F6N3O5/c28-26(29,30)40-20-8-4-17(5-9-20)22-13-23(18-6-10-21(11-7-18)41-27(31,32)33)36(35-22)15-16-2-1-3-19(12-16)25(39)34-14-24(37)38/h1-13H,14-15H2,(H,34,39)(H,37,38). The number of hydrogen-bond donors (Lipinski definition) is 2. The minimum absolute atomic E-state index is 0.0749. The number of ether oxygens (including phenoxy) is 2. The average molecular weight is 579 g/mol. The van der Waals surface area contributed by atoms with Crippen molar-refractivity contribution in [1.29, 1.82) is 0 Å². The van der Waals surface area contributed by atoms with Gasteiger partial charge in [-0.05, 0) is 72.3 Å². The van der Waals surface area contributed by atoms with E-state index in [1.54, 1.807) is 18.2 Å². The van der Waals surface area contributed by atoms with E-state index in [0.717, 1.165) is 24.3 Å². The Morgan fingerprint density at radius 1 is 0.805 bits per heavy atom. The fourth-order valence-electron chi connectivity index (χ4n) is 3.81. The Morgan fingerprint density at radius 3 is 1.90 bits per heavy atom. The maximum Gasteiger partial charge on any atom is 0.573 e. The summed E-state index contributed by atoms with van der Waals surface area (Å²) in [6.07, 6.45) is -9.74. The number of carboxylic acid groups (broad SMARTS) is 1. The van der Waals surface area contributed by atoms with Crippen LogP contribution in [0, 0.1) is 0 Å². The zero-order valence-electron chi connectivity index (χ0n) is 20.7. The number of hydrogen-bond acceptors (Lipinski definition) is 5. The summed E-state index contributed by atoms with van der Waals surface area (Å²) >= 11 is 0. The smallest absolute Gasteiger partial charge is 0.480 e. The second-order valence-electron chi connectivity index (χ2n) is 8.49. The molecule has 3 aromatic carbocycles. The molecule has 8 nitrogen and oxygen atoms in total. The van der Waals surface area contributed by atoms with Gasteiger partial charge in [0.15, 0.2) is 0 Å². The minimum Gasteiger partial charge on any atom is -0.480 e. The van der Waals surface area contributed by atoms with Gasteiger partial charge in [-0.25, -0.2) is 0 Å². The Hall–Kier alpha value is -5.01. The molecule has 0 radical (unpaired) electrons. The molecule has 1 heterocycles. The molecule has 0 aliphatic heterocycles. The molecule has 1 amide bonds. The average Bonchev–Trinajstić information content (AvgIpc) is 3.30. The number of halogens is 6. The van der Waals surface area contributed by atoms with Crippen molar-refractivity contribution in [2.45, 2.75) is 19.3 Å². The fraction of sp³-hybridized carbons (Fsp3) is 0.148. The van der Waals surface area contributed by atoms with E-state index in [0.29, 0.717) is 28.1 Å². The summed E-state index contributed by atoms with van der Waals surface area (Å²) in [6, 6.07) is 17.8. The summed E-state index contributed by atoms with van der Waals surface area (Å²) in [5, 5.41) is 15.6. The quantitative estimate of drug-likeness (QED) is 0.240. The summed E-state index contributed by atoms with van der Waals surface area (Å²) in [5.41, 5.74) is 2.42. The van der Waals surface area contributed by atoms with Gasteiger partial charge >= 0.3 is 18.7 Å². The van der Waals surface area contributed by atoms with Crippen molar-refractivity contribution in [3.8, 4) is 34.0 Å². The molecule has 0 saturated carbocycles. The highest BCUT2D eigenvalue weighted by Gasteiger charge is 2.31. The van der Waals surface area contributed by atoms with Gasteiger partial charge in [0.2, 0.25) is 0 Å². The summed E-state index contributed by atoms with van der Waals surface area (Å²) in [5.74, 6) is -2.70. The fourth-order valence-corrected chi connectivity index (χ4v) is 3.81. The molecule has 0 bridgehead atoms. The summed E-state index contributed by atoms with van der Waals surface area (Å²) in [6.45, 7) is -0.498. The van der Waals surface area contributed by atoms with Crippen molar-refractivity contribution in [2.75, 3.05) is 6.54 Å². The van der Waals surface area contributed by atoms with E-state index in [1.807, 2.05) is 0 Å². The molecular formula is C27H19F6N3O5. The number of carboxylic acids is 1. The molecule has 0 unspecified atom stereocenters. The zero-order valence-corrected chi connectivity index (χ0v) is 20.7. The van der Waals surface area contributed by atoms with Crippen molar-refractivity contribution in [3.63, 3.8) is 0 Å². The predicted molar refractivity (Wildman–Crippen MR) is 132 cm³/mol. The first kappa shape index (κ1) is 29.0. The number of carbonyl (C=O) groups is 2. The van der Waals surface area contributed by atoms with Gasteiger partial charge in [0, 0.05) is 16.7 Å². The van der Waals surface area contributed by atoms with Gasteiger partial charge in [-0.3, -0.25) is 14.3 Å². The Balaban J connectivity index is 1.67. The van der Waals surface area contributed by atoms with Gasteiger partial charge in [-0.2, -0.15) is 5.10 Å². The third kappa shape index (κ3) is 8.24. The molecule has 0 aliphatic rings. The number of alkyl halides is 6. The molecule has 0 aliphatic carbocycles. The van der Waals surface area contributed by atoms with Gasteiger partial charge in [-0.15, -0.1) is 26.3 Å². The Labute approximate surface area is 227 Å². The molecule has 0 spiro atoms. The van der Waals surface area contributed by atoms with E-state index in [9.17, 15) is 35.9 Å². The molecule has 0 atom stereocenters. The van der Waals surface area contributed by atoms with Gasteiger partial charge in [0.05, 0.1) is 17.9 Å². The van der Waals surface area contributed by atoms with Gasteiger partial charge in [-0.1, -0.05) is 12.1 Å². The molecule has 41 heavy (non-hydrogen) atoms. The number of aliphatic carboxylic acids is 1. The molecule has 0 fully saturated rings. The van der Waals surface area contributed by atoms with Crippen LogP contribution >= 0.6 is 0 Å². The van der Waals surface area contributed by atoms with Crippen LogP contribution in [0.1, 0.15) is 15.9 Å². The molecule has 14 heteroatoms. The predicted octanol–water partition coefficient (Wildman–Crippen LogP) is 5.88. The van der Waals surface area contributed by atoms with E-state index >= 15 is 0 Å². The van der Waals surface area contributed by atoms with Crippen molar-refractivity contribution in [3.05, 3.63) is 90.0 Å². The summed E-state index contributed by atoms with van der Waals surface area (Å²) in [4.78, 5) is 23.1. The van der Waals surface area contributed by atoms with E-state index < -0.39 is 42.6 Å². The number of benzene rings is 3. The van der Waals surface area contributed by atoms with Crippen LogP contribution in [0.3, 0.4) is 0 Å². The highest BCUT2D eigenvalue weighted by Crippen LogP contribution is 2.31. The lowest BCUT2D eigenvalue weighted by Crippen LogP contribution is -2.29. The first-order valence-corrected chi connectivity index (χ1v) is 11.6. The second kappa shape index (κ2) is 11.6. The second-order valence-corrected chi connectivity index (χ2v) is 8.49. The van der Waals surface area contributed by atoms with E-state index in [1.165, 1.54) is 41.1 Å². The number of aromatic nitrogens is 2. The maximum absolute atomic E-state index is 12.6. The lowest BCUT2D eigenvalue weighted by Gasteiger charge is -2.11. The number of amides is 1. The van der Waals surface area contributed by atoms with Crippen molar-refractivity contribution in [2.24, 2.45) is 0 Å². The van der Waals surface area contributed by atoms with Crippen LogP contribution in [0.15, 0.2) is 78.9 Å². The molecule has 214 valence electrons. The largest absolute Gasteiger partial charge is 0.573 e. The molecular weight excluding hydrogens is 560 g/mol. The first-order valence-electron chi connectivity index (χ1n) is 11.6. The van der Waals surface area contributed by atoms with Crippen LogP contribution in [0.2, 0.25) is 0 Å². The molecule has 1 aromatic heterocycles. The highest BCUT2D eigenvalue weighted by molar-refractivity contribution is 5.95. The van der Waals surface area contributed by atoms with Crippen LogP contribution in [0.25, 0.3) is 22.5 Å². The first-order chi connectivity index (χ1) is 19.3. The number of carbonyl (C=O) groups excluding carboxylic acids is 1. The highest BCUT2D eigenvalue weighted by atomic mass is 19.4. The van der Waals surface area contributed by atoms with Crippen LogP contribution in [-0.2, 0) is 11.3 Å². The van der Waals surface area contributed by atoms with Crippen LogP contribution in [0.4, 0.5) is 26.3 Å². The van der Waals surface area contributed by atoms with Gasteiger partial charge in [0.25, 0.3) is 5.91 Å². The molecule has 2 N–H and O–H groups in total. The van der Waals surface area contributed by atoms with Crippen molar-refractivity contribution >= 4 is 11.9 Å².